The minimum absolute atomic E-state index is 0.212. The Bertz CT molecular complexity index is 1580. The van der Waals surface area contributed by atoms with Gasteiger partial charge in [-0.25, -0.2) is 0 Å². The van der Waals surface area contributed by atoms with E-state index in [1.165, 1.54) is 51.4 Å². The lowest BCUT2D eigenvalue weighted by atomic mass is 9.99. The monoisotopic (exact) mass is 1000 g/mol. The molecular formula is C63H103NO8. The second kappa shape index (κ2) is 50.8. The van der Waals surface area contributed by atoms with E-state index in [0.717, 1.165) is 128 Å². The molecule has 1 heterocycles. The van der Waals surface area contributed by atoms with Gasteiger partial charge in [0.25, 0.3) is 0 Å². The molecule has 0 bridgehead atoms. The number of ether oxygens (including phenoxy) is 2. The Morgan fingerprint density at radius 1 is 0.486 bits per heavy atom. The van der Waals surface area contributed by atoms with Gasteiger partial charge >= 0.3 is 0 Å². The number of carbonyl (C=O) groups is 1. The summed E-state index contributed by atoms with van der Waals surface area (Å²) >= 11 is 0. The molecule has 0 spiro atoms. The van der Waals surface area contributed by atoms with E-state index in [0.29, 0.717) is 6.42 Å². The van der Waals surface area contributed by atoms with E-state index < -0.39 is 49.5 Å². The average molecular weight is 1000 g/mol. The van der Waals surface area contributed by atoms with Gasteiger partial charge in [-0.05, 0) is 109 Å². The number of hydrogen-bond donors (Lipinski definition) is 6. The summed E-state index contributed by atoms with van der Waals surface area (Å²) in [6.07, 6.45) is 70.7. The zero-order valence-corrected chi connectivity index (χ0v) is 45.1. The van der Waals surface area contributed by atoms with E-state index in [1.54, 1.807) is 6.08 Å². The Balaban J connectivity index is 2.29. The molecule has 7 atom stereocenters. The molecule has 1 aliphatic rings. The van der Waals surface area contributed by atoms with Gasteiger partial charge in [-0.3, -0.25) is 4.79 Å². The Kier molecular flexibility index (Phi) is 46.9. The van der Waals surface area contributed by atoms with Crippen molar-refractivity contribution in [2.24, 2.45) is 0 Å². The molecule has 1 aliphatic heterocycles. The number of hydrogen-bond acceptors (Lipinski definition) is 8. The molecule has 6 N–H and O–H groups in total. The van der Waals surface area contributed by atoms with E-state index in [9.17, 15) is 30.3 Å². The first-order valence-corrected chi connectivity index (χ1v) is 28.4. The molecular weight excluding hydrogens is 899 g/mol. The third kappa shape index (κ3) is 39.8. The summed E-state index contributed by atoms with van der Waals surface area (Å²) in [5, 5.41) is 54.4. The van der Waals surface area contributed by atoms with Crippen molar-refractivity contribution in [1.29, 1.82) is 0 Å². The van der Waals surface area contributed by atoms with Crippen LogP contribution in [0.2, 0.25) is 0 Å². The van der Waals surface area contributed by atoms with Crippen molar-refractivity contribution < 1.29 is 39.8 Å². The minimum atomic E-state index is -1.59. The van der Waals surface area contributed by atoms with Crippen molar-refractivity contribution in [3.63, 3.8) is 0 Å². The van der Waals surface area contributed by atoms with Crippen LogP contribution in [-0.4, -0.2) is 87.5 Å². The van der Waals surface area contributed by atoms with Crippen LogP contribution in [0.1, 0.15) is 200 Å². The first-order chi connectivity index (χ1) is 35.3. The van der Waals surface area contributed by atoms with Crippen LogP contribution in [0.15, 0.2) is 134 Å². The van der Waals surface area contributed by atoms with Gasteiger partial charge in [0.2, 0.25) is 5.91 Å². The Morgan fingerprint density at radius 2 is 0.875 bits per heavy atom. The van der Waals surface area contributed by atoms with Crippen LogP contribution in [0.3, 0.4) is 0 Å². The smallest absolute Gasteiger partial charge is 0.220 e. The maximum Gasteiger partial charge on any atom is 0.220 e. The number of amides is 1. The van der Waals surface area contributed by atoms with Gasteiger partial charge in [-0.2, -0.15) is 0 Å². The highest BCUT2D eigenvalue weighted by Gasteiger charge is 2.44. The predicted octanol–water partition coefficient (Wildman–Crippen LogP) is 14.1. The third-order valence-corrected chi connectivity index (χ3v) is 12.4. The van der Waals surface area contributed by atoms with E-state index in [-0.39, 0.29) is 12.5 Å². The van der Waals surface area contributed by atoms with Crippen LogP contribution in [0.4, 0.5) is 0 Å². The van der Waals surface area contributed by atoms with Gasteiger partial charge in [-0.15, -0.1) is 0 Å². The fraction of sp³-hybridized carbons (Fsp3) is 0.635. The van der Waals surface area contributed by atoms with Crippen LogP contribution in [-0.2, 0) is 14.3 Å². The van der Waals surface area contributed by atoms with E-state index in [4.69, 9.17) is 9.47 Å². The molecule has 408 valence electrons. The normalized spacial score (nSPS) is 20.2. The van der Waals surface area contributed by atoms with Crippen LogP contribution in [0.25, 0.3) is 0 Å². The second-order valence-corrected chi connectivity index (χ2v) is 19.0. The van der Waals surface area contributed by atoms with Crippen LogP contribution in [0, 0.1) is 0 Å². The number of rotatable bonds is 46. The molecule has 0 aromatic heterocycles. The topological polar surface area (TPSA) is 149 Å². The lowest BCUT2D eigenvalue weighted by Crippen LogP contribution is -2.60. The molecule has 1 fully saturated rings. The fourth-order valence-electron chi connectivity index (χ4n) is 7.97. The van der Waals surface area contributed by atoms with Crippen molar-refractivity contribution in [3.8, 4) is 0 Å². The van der Waals surface area contributed by atoms with Gasteiger partial charge < -0.3 is 40.3 Å². The number of aliphatic hydroxyl groups excluding tert-OH is 5. The largest absolute Gasteiger partial charge is 0.394 e. The molecule has 0 aliphatic carbocycles. The Labute approximate surface area is 439 Å². The maximum absolute atomic E-state index is 13.0. The molecule has 9 nitrogen and oxygen atoms in total. The van der Waals surface area contributed by atoms with Crippen molar-refractivity contribution >= 4 is 5.91 Å². The number of nitrogens with one attached hydrogen (secondary N) is 1. The Hall–Kier alpha value is -3.67. The van der Waals surface area contributed by atoms with Gasteiger partial charge in [0.1, 0.15) is 24.4 Å². The summed E-state index contributed by atoms with van der Waals surface area (Å²) in [4.78, 5) is 13.0. The third-order valence-electron chi connectivity index (χ3n) is 12.4. The van der Waals surface area contributed by atoms with Crippen LogP contribution < -0.4 is 5.32 Å². The molecule has 0 aromatic rings. The van der Waals surface area contributed by atoms with E-state index >= 15 is 0 Å². The fourth-order valence-corrected chi connectivity index (χ4v) is 7.97. The number of allylic oxidation sites excluding steroid dienone is 21. The van der Waals surface area contributed by atoms with Gasteiger partial charge in [0, 0.05) is 6.42 Å². The summed E-state index contributed by atoms with van der Waals surface area (Å²) in [7, 11) is 0. The van der Waals surface area contributed by atoms with Crippen molar-refractivity contribution in [3.05, 3.63) is 134 Å². The number of carbonyl (C=O) groups excluding carboxylic acids is 1. The molecule has 1 amide bonds. The van der Waals surface area contributed by atoms with Crippen molar-refractivity contribution in [2.75, 3.05) is 13.2 Å². The SMILES string of the molecule is CC/C=C\C/C=C\C/C=C\C/C=C\C/C=C\C/C=C\C/C=C\C/C=C\CCCCCCCCC(=O)NC(COC1OC(CO)C(O)C(O)C1O)C(O)/C=C/CC/C=C/CC/C=C/CCCCCCCCCC. The van der Waals surface area contributed by atoms with Gasteiger partial charge in [0.15, 0.2) is 6.29 Å². The lowest BCUT2D eigenvalue weighted by molar-refractivity contribution is -0.302. The second-order valence-electron chi connectivity index (χ2n) is 19.0. The molecule has 0 radical (unpaired) electrons. The average Bonchev–Trinajstić information content (AvgIpc) is 3.38. The molecule has 0 aromatic carbocycles. The predicted molar refractivity (Wildman–Crippen MR) is 303 cm³/mol. The van der Waals surface area contributed by atoms with Gasteiger partial charge in [0.05, 0.1) is 25.4 Å². The number of unbranched alkanes of at least 4 members (excludes halogenated alkanes) is 16. The van der Waals surface area contributed by atoms with E-state index in [1.807, 2.05) is 6.08 Å². The first-order valence-electron chi connectivity index (χ1n) is 28.4. The summed E-state index contributed by atoms with van der Waals surface area (Å²) in [6.45, 7) is 3.61. The van der Waals surface area contributed by atoms with Crippen molar-refractivity contribution in [2.45, 2.75) is 243 Å². The molecule has 1 saturated heterocycles. The molecule has 72 heavy (non-hydrogen) atoms. The zero-order valence-electron chi connectivity index (χ0n) is 45.1. The van der Waals surface area contributed by atoms with Crippen LogP contribution >= 0.6 is 0 Å². The molecule has 9 heteroatoms. The zero-order chi connectivity index (χ0) is 52.2. The highest BCUT2D eigenvalue weighted by Crippen LogP contribution is 2.22. The van der Waals surface area contributed by atoms with Crippen molar-refractivity contribution in [1.82, 2.24) is 5.32 Å². The minimum Gasteiger partial charge on any atom is -0.394 e. The highest BCUT2D eigenvalue weighted by molar-refractivity contribution is 5.76. The quantitative estimate of drug-likeness (QED) is 0.0261. The summed E-state index contributed by atoms with van der Waals surface area (Å²) in [5.74, 6) is -0.212. The van der Waals surface area contributed by atoms with Crippen LogP contribution in [0.5, 0.6) is 0 Å². The lowest BCUT2D eigenvalue weighted by Gasteiger charge is -2.40. The highest BCUT2D eigenvalue weighted by atomic mass is 16.7. The van der Waals surface area contributed by atoms with E-state index in [2.05, 4.69) is 141 Å². The summed E-state index contributed by atoms with van der Waals surface area (Å²) in [5.41, 5.74) is 0. The molecule has 1 rings (SSSR count). The molecule has 0 saturated carbocycles. The summed E-state index contributed by atoms with van der Waals surface area (Å²) < 4.78 is 11.2. The molecule has 7 unspecified atom stereocenters. The Morgan fingerprint density at radius 3 is 1.33 bits per heavy atom. The van der Waals surface area contributed by atoms with Gasteiger partial charge in [-0.1, -0.05) is 218 Å². The number of aliphatic hydroxyl groups is 5. The maximum atomic E-state index is 13.0. The summed E-state index contributed by atoms with van der Waals surface area (Å²) in [6, 6.07) is -0.847. The first kappa shape index (κ1) is 66.3. The standard InChI is InChI=1S/C63H103NO8/c1-3-5-7-9-11-13-15-17-19-21-23-24-25-26-27-28-29-30-31-32-33-34-35-37-39-41-43-45-47-49-51-53-59(67)64-56(55-71-63-62(70)61(69)60(68)58(54-65)72-63)57(66)52-50-48-46-44-42-40-38-36-22-20-18-16-14-12-10-8-6-4-2/h5,7,11,13,17,19,22-24,26-27,29-30,32-33,35-37,42,44,50,52,56-58,60-63,65-66,68-70H,3-4,6,8-10,12,14-16,18,20-21,25,28,31,34,38-41,43,45-49,51,53-55H2,1-2H3,(H,64,67)/b7-5-,13-11-,19-17-,24-23-,27-26-,30-29-,33-32-,36-22+,37-35-,44-42+,52-50+.